The molecule has 0 saturated carbocycles. The highest BCUT2D eigenvalue weighted by molar-refractivity contribution is 5.93. The smallest absolute Gasteiger partial charge is 0.289 e. The van der Waals surface area contributed by atoms with Crippen LogP contribution >= 0.6 is 0 Å². The van der Waals surface area contributed by atoms with Gasteiger partial charge in [0.1, 0.15) is 5.69 Å². The normalized spacial score (nSPS) is 14.3. The number of methoxy groups -OCH3 is 1. The molecule has 0 aliphatic carbocycles. The molecule has 3 rings (SSSR count). The highest BCUT2D eigenvalue weighted by Gasteiger charge is 2.27. The summed E-state index contributed by atoms with van der Waals surface area (Å²) in [5, 5.41) is 3.24. The molecule has 1 saturated heterocycles. The average molecular weight is 372 g/mol. The first-order valence-corrected chi connectivity index (χ1v) is 9.00. The van der Waals surface area contributed by atoms with E-state index in [-0.39, 0.29) is 11.8 Å². The Hall–Kier alpha value is -2.87. The van der Waals surface area contributed by atoms with E-state index >= 15 is 0 Å². The van der Waals surface area contributed by atoms with Gasteiger partial charge in [0.05, 0.1) is 18.1 Å². The van der Waals surface area contributed by atoms with Crippen molar-refractivity contribution in [2.75, 3.05) is 51.8 Å². The number of aromatic nitrogens is 1. The Balaban J connectivity index is 1.49. The van der Waals surface area contributed by atoms with Gasteiger partial charge in [0.15, 0.2) is 5.76 Å². The molecule has 0 aromatic carbocycles. The fraction of sp³-hybridized carbons (Fsp3) is 0.421. The van der Waals surface area contributed by atoms with Gasteiger partial charge < -0.3 is 24.3 Å². The van der Waals surface area contributed by atoms with Crippen LogP contribution in [0, 0.1) is 0 Å². The number of nitrogens with one attached hydrogen (secondary N) is 1. The summed E-state index contributed by atoms with van der Waals surface area (Å²) in [6.45, 7) is 3.39. The van der Waals surface area contributed by atoms with Crippen LogP contribution in [-0.2, 0) is 4.74 Å². The summed E-state index contributed by atoms with van der Waals surface area (Å²) >= 11 is 0. The van der Waals surface area contributed by atoms with Crippen LogP contribution in [0.15, 0.2) is 41.1 Å². The lowest BCUT2D eigenvalue weighted by molar-refractivity contribution is 0.0515. The minimum atomic E-state index is -0.144. The van der Waals surface area contributed by atoms with Gasteiger partial charge >= 0.3 is 0 Å². The van der Waals surface area contributed by atoms with E-state index in [1.54, 1.807) is 41.3 Å². The van der Waals surface area contributed by atoms with Crippen LogP contribution in [0.5, 0.6) is 0 Å². The molecule has 1 fully saturated rings. The Bertz CT molecular complexity index is 738. The predicted octanol–water partition coefficient (Wildman–Crippen LogP) is 1.72. The molecule has 0 spiro atoms. The molecule has 1 aliphatic heterocycles. The Morgan fingerprint density at radius 1 is 1.15 bits per heavy atom. The third-order valence-electron chi connectivity index (χ3n) is 4.42. The van der Waals surface area contributed by atoms with Gasteiger partial charge in [0.2, 0.25) is 0 Å². The van der Waals surface area contributed by atoms with E-state index in [9.17, 15) is 9.59 Å². The first-order chi connectivity index (χ1) is 13.2. The van der Waals surface area contributed by atoms with Gasteiger partial charge in [0, 0.05) is 46.4 Å². The lowest BCUT2D eigenvalue weighted by Crippen LogP contribution is -2.50. The zero-order valence-electron chi connectivity index (χ0n) is 15.4. The molecule has 8 nitrogen and oxygen atoms in total. The monoisotopic (exact) mass is 372 g/mol. The predicted molar refractivity (Wildman–Crippen MR) is 99.7 cm³/mol. The van der Waals surface area contributed by atoms with Crippen molar-refractivity contribution in [1.82, 2.24) is 14.8 Å². The van der Waals surface area contributed by atoms with Gasteiger partial charge in [-0.2, -0.15) is 0 Å². The van der Waals surface area contributed by atoms with E-state index in [4.69, 9.17) is 9.15 Å². The summed E-state index contributed by atoms with van der Waals surface area (Å²) in [6, 6.07) is 6.91. The van der Waals surface area contributed by atoms with E-state index < -0.39 is 0 Å². The largest absolute Gasteiger partial charge is 0.459 e. The molecule has 0 bridgehead atoms. The van der Waals surface area contributed by atoms with E-state index in [2.05, 4.69) is 10.3 Å². The molecular weight excluding hydrogens is 348 g/mol. The number of hydrogen-bond donors (Lipinski definition) is 1. The highest BCUT2D eigenvalue weighted by Crippen LogP contribution is 2.13. The molecule has 0 radical (unpaired) electrons. The topological polar surface area (TPSA) is 87.9 Å². The number of rotatable bonds is 7. The summed E-state index contributed by atoms with van der Waals surface area (Å²) in [6.07, 6.45) is 4.05. The van der Waals surface area contributed by atoms with Crippen molar-refractivity contribution in [2.45, 2.75) is 6.42 Å². The third kappa shape index (κ3) is 4.85. The highest BCUT2D eigenvalue weighted by atomic mass is 16.5. The Morgan fingerprint density at radius 3 is 2.48 bits per heavy atom. The first-order valence-electron chi connectivity index (χ1n) is 9.00. The molecule has 0 atom stereocenters. The second kappa shape index (κ2) is 9.18. The van der Waals surface area contributed by atoms with Crippen molar-refractivity contribution in [2.24, 2.45) is 0 Å². The quantitative estimate of drug-likeness (QED) is 0.745. The van der Waals surface area contributed by atoms with E-state index in [0.717, 1.165) is 18.7 Å². The number of hydrogen-bond acceptors (Lipinski definition) is 6. The van der Waals surface area contributed by atoms with Crippen molar-refractivity contribution in [3.8, 4) is 0 Å². The molecule has 1 N–H and O–H groups in total. The van der Waals surface area contributed by atoms with Gasteiger partial charge in [0.25, 0.3) is 11.8 Å². The number of nitrogens with zero attached hydrogens (tertiary/aromatic N) is 3. The Labute approximate surface area is 158 Å². The van der Waals surface area contributed by atoms with Crippen molar-refractivity contribution in [3.05, 3.63) is 48.2 Å². The second-order valence-corrected chi connectivity index (χ2v) is 6.27. The maximum absolute atomic E-state index is 12.6. The van der Waals surface area contributed by atoms with Crippen LogP contribution in [0.25, 0.3) is 0 Å². The number of carbonyl (C=O) groups is 2. The molecule has 2 amide bonds. The molecule has 144 valence electrons. The number of amides is 2. The number of furan rings is 1. The fourth-order valence-electron chi connectivity index (χ4n) is 2.90. The number of anilines is 1. The molecule has 2 aromatic rings. The van der Waals surface area contributed by atoms with Gasteiger partial charge in [-0.15, -0.1) is 0 Å². The van der Waals surface area contributed by atoms with Crippen LogP contribution in [0.4, 0.5) is 5.69 Å². The molecule has 3 heterocycles. The average Bonchev–Trinajstić information content (AvgIpc) is 3.26. The van der Waals surface area contributed by atoms with Crippen LogP contribution in [0.3, 0.4) is 0 Å². The summed E-state index contributed by atoms with van der Waals surface area (Å²) in [5.74, 6) is 0.0604. The molecule has 2 aromatic heterocycles. The molecule has 0 unspecified atom stereocenters. The zero-order chi connectivity index (χ0) is 19.1. The SMILES string of the molecule is COCCCNc1ccc(C(=O)N2CCN(C(=O)c3ccco3)CC2)nc1. The van der Waals surface area contributed by atoms with E-state index in [1.807, 2.05) is 6.07 Å². The van der Waals surface area contributed by atoms with Crippen molar-refractivity contribution in [3.63, 3.8) is 0 Å². The number of piperazine rings is 1. The maximum atomic E-state index is 12.6. The second-order valence-electron chi connectivity index (χ2n) is 6.27. The van der Waals surface area contributed by atoms with Crippen LogP contribution in [0.2, 0.25) is 0 Å². The van der Waals surface area contributed by atoms with Crippen molar-refractivity contribution < 1.29 is 18.7 Å². The zero-order valence-corrected chi connectivity index (χ0v) is 15.4. The summed E-state index contributed by atoms with van der Waals surface area (Å²) in [4.78, 5) is 32.6. The van der Waals surface area contributed by atoms with Crippen LogP contribution in [-0.4, -0.2) is 73.0 Å². The molecule has 8 heteroatoms. The minimum Gasteiger partial charge on any atom is -0.459 e. The summed E-state index contributed by atoms with van der Waals surface area (Å²) in [7, 11) is 1.68. The van der Waals surface area contributed by atoms with Gasteiger partial charge in [-0.1, -0.05) is 0 Å². The maximum Gasteiger partial charge on any atom is 0.289 e. The van der Waals surface area contributed by atoms with Crippen LogP contribution < -0.4 is 5.32 Å². The van der Waals surface area contributed by atoms with Gasteiger partial charge in [-0.05, 0) is 30.7 Å². The molecule has 1 aliphatic rings. The summed E-state index contributed by atoms with van der Waals surface area (Å²) in [5.41, 5.74) is 1.28. The number of pyridine rings is 1. The van der Waals surface area contributed by atoms with Crippen molar-refractivity contribution in [1.29, 1.82) is 0 Å². The van der Waals surface area contributed by atoms with E-state index in [0.29, 0.717) is 44.2 Å². The van der Waals surface area contributed by atoms with E-state index in [1.165, 1.54) is 6.26 Å². The summed E-state index contributed by atoms with van der Waals surface area (Å²) < 4.78 is 10.2. The lowest BCUT2D eigenvalue weighted by Gasteiger charge is -2.34. The van der Waals surface area contributed by atoms with Crippen LogP contribution in [0.1, 0.15) is 27.5 Å². The molecular formula is C19H24N4O4. The first kappa shape index (κ1) is 18.9. The Morgan fingerprint density at radius 2 is 1.89 bits per heavy atom. The van der Waals surface area contributed by atoms with Crippen molar-refractivity contribution >= 4 is 17.5 Å². The minimum absolute atomic E-state index is 0.119. The van der Waals surface area contributed by atoms with Gasteiger partial charge in [-0.3, -0.25) is 9.59 Å². The molecule has 27 heavy (non-hydrogen) atoms. The third-order valence-corrected chi connectivity index (χ3v) is 4.42. The lowest BCUT2D eigenvalue weighted by atomic mass is 10.2. The number of ether oxygens (including phenoxy) is 1. The fourth-order valence-corrected chi connectivity index (χ4v) is 2.90. The Kier molecular flexibility index (Phi) is 6.43. The number of carbonyl (C=O) groups excluding carboxylic acids is 2. The standard InChI is InChI=1S/C19H24N4O4/c1-26-12-3-7-20-15-5-6-16(21-14-15)18(24)22-8-10-23(11-9-22)19(25)17-4-2-13-27-17/h2,4-6,13-14,20H,3,7-12H2,1H3. The van der Waals surface area contributed by atoms with Gasteiger partial charge in [-0.25, -0.2) is 4.98 Å².